The number of halogens is 2. The maximum atomic E-state index is 14.8. The van der Waals surface area contributed by atoms with Gasteiger partial charge in [-0.25, -0.2) is 9.37 Å². The molecule has 13 heteroatoms. The number of fused-ring (bicyclic) bond motifs is 1. The van der Waals surface area contributed by atoms with Crippen LogP contribution in [0.5, 0.6) is 0 Å². The highest BCUT2D eigenvalue weighted by atomic mass is 35.5. The Labute approximate surface area is 170 Å². The van der Waals surface area contributed by atoms with Crippen LogP contribution in [0.4, 0.5) is 10.2 Å². The Hall–Kier alpha value is -1.36. The van der Waals surface area contributed by atoms with Crippen molar-refractivity contribution in [3.63, 3.8) is 0 Å². The molecule has 1 aliphatic heterocycles. The standard InChI is InChI=1S/C16H22ClFN5O5P/c1-29(25,26)27-6-9-12(24)10(18)15(28-9)23-7-19-11-13(20-8-4-2-3-5-8)21-16(17)22-14(11)23/h7-10,12,15,24H,2-6H2,1H3,(H,25,26)(H,20,21,22)/t9-,10+,12-,15-/m1/s1. The van der Waals surface area contributed by atoms with Crippen LogP contribution in [0.1, 0.15) is 31.9 Å². The topological polar surface area (TPSA) is 132 Å². The van der Waals surface area contributed by atoms with Crippen molar-refractivity contribution < 1.29 is 28.2 Å². The Kier molecular flexibility index (Phi) is 5.80. The van der Waals surface area contributed by atoms with Crippen molar-refractivity contribution in [1.29, 1.82) is 0 Å². The molecule has 29 heavy (non-hydrogen) atoms. The van der Waals surface area contributed by atoms with Crippen LogP contribution in [0.25, 0.3) is 11.2 Å². The summed E-state index contributed by atoms with van der Waals surface area (Å²) in [6.07, 6.45) is -0.0942. The summed E-state index contributed by atoms with van der Waals surface area (Å²) in [5, 5.41) is 13.4. The number of hydrogen-bond donors (Lipinski definition) is 3. The maximum Gasteiger partial charge on any atom is 0.325 e. The number of nitrogens with zero attached hydrogens (tertiary/aromatic N) is 4. The lowest BCUT2D eigenvalue weighted by atomic mass is 10.1. The van der Waals surface area contributed by atoms with E-state index in [0.717, 1.165) is 32.3 Å². The number of hydrogen-bond acceptors (Lipinski definition) is 8. The summed E-state index contributed by atoms with van der Waals surface area (Å²) >= 11 is 6.07. The molecule has 2 aromatic rings. The van der Waals surface area contributed by atoms with Crippen molar-refractivity contribution in [3.8, 4) is 0 Å². The summed E-state index contributed by atoms with van der Waals surface area (Å²) in [5.41, 5.74) is 0.676. The molecule has 1 saturated carbocycles. The van der Waals surface area contributed by atoms with Gasteiger partial charge in [0.25, 0.3) is 0 Å². The summed E-state index contributed by atoms with van der Waals surface area (Å²) in [5.74, 6) is 0.465. The first-order valence-corrected chi connectivity index (χ1v) is 11.7. The molecule has 5 atom stereocenters. The van der Waals surface area contributed by atoms with Crippen molar-refractivity contribution in [3.05, 3.63) is 11.6 Å². The quantitative estimate of drug-likeness (QED) is 0.448. The van der Waals surface area contributed by atoms with E-state index in [2.05, 4.69) is 20.3 Å². The van der Waals surface area contributed by atoms with E-state index in [-0.39, 0.29) is 17.0 Å². The number of alkyl halides is 1. The van der Waals surface area contributed by atoms with E-state index >= 15 is 0 Å². The zero-order valence-electron chi connectivity index (χ0n) is 15.6. The van der Waals surface area contributed by atoms with Crippen molar-refractivity contribution in [2.45, 2.75) is 56.3 Å². The van der Waals surface area contributed by atoms with Gasteiger partial charge in [-0.05, 0) is 24.4 Å². The molecule has 1 unspecified atom stereocenters. The fraction of sp³-hybridized carbons (Fsp3) is 0.688. The molecular formula is C16H22ClFN5O5P. The van der Waals surface area contributed by atoms with Crippen LogP contribution >= 0.6 is 19.2 Å². The average molecular weight is 450 g/mol. The summed E-state index contributed by atoms with van der Waals surface area (Å²) in [6.45, 7) is 0.569. The van der Waals surface area contributed by atoms with Crippen molar-refractivity contribution in [2.75, 3.05) is 18.6 Å². The van der Waals surface area contributed by atoms with Crippen LogP contribution in [-0.4, -0.2) is 67.2 Å². The average Bonchev–Trinajstić information content (AvgIpc) is 3.35. The van der Waals surface area contributed by atoms with Gasteiger partial charge >= 0.3 is 7.60 Å². The second-order valence-corrected chi connectivity index (χ2v) is 9.59. The highest BCUT2D eigenvalue weighted by Gasteiger charge is 2.46. The van der Waals surface area contributed by atoms with Crippen LogP contribution < -0.4 is 5.32 Å². The summed E-state index contributed by atoms with van der Waals surface area (Å²) in [6, 6.07) is 0.262. The molecule has 0 aromatic carbocycles. The van der Waals surface area contributed by atoms with Crippen LogP contribution in [0.15, 0.2) is 6.33 Å². The molecule has 2 aliphatic rings. The third kappa shape index (κ3) is 4.40. The lowest BCUT2D eigenvalue weighted by Gasteiger charge is -2.17. The van der Waals surface area contributed by atoms with Crippen LogP contribution in [-0.2, 0) is 13.8 Å². The van der Waals surface area contributed by atoms with Crippen molar-refractivity contribution >= 4 is 36.2 Å². The Morgan fingerprint density at radius 2 is 2.17 bits per heavy atom. The summed E-state index contributed by atoms with van der Waals surface area (Å²) < 4.78 is 37.8. The van der Waals surface area contributed by atoms with Crippen LogP contribution in [0.3, 0.4) is 0 Å². The number of aromatic nitrogens is 4. The number of nitrogens with one attached hydrogen (secondary N) is 1. The number of rotatable bonds is 6. The molecule has 2 fully saturated rings. The zero-order valence-corrected chi connectivity index (χ0v) is 17.3. The van der Waals surface area contributed by atoms with Gasteiger partial charge in [-0.3, -0.25) is 9.13 Å². The van der Waals surface area contributed by atoms with Gasteiger partial charge in [0.15, 0.2) is 29.4 Å². The number of anilines is 1. The van der Waals surface area contributed by atoms with Gasteiger partial charge in [0.2, 0.25) is 5.28 Å². The SMILES string of the molecule is CP(=O)(O)OC[C@H]1O[C@@H](n2cnc3c(NC4CCCC4)nc(Cl)nc32)[C@@H](F)[C@@H]1O. The Bertz CT molecular complexity index is 936. The fourth-order valence-electron chi connectivity index (χ4n) is 3.72. The molecule has 0 radical (unpaired) electrons. The molecule has 0 spiro atoms. The molecule has 160 valence electrons. The smallest absolute Gasteiger partial charge is 0.325 e. The second kappa shape index (κ2) is 8.05. The first-order chi connectivity index (χ1) is 13.7. The van der Waals surface area contributed by atoms with E-state index in [1.54, 1.807) is 0 Å². The number of aliphatic hydroxyl groups is 1. The highest BCUT2D eigenvalue weighted by Crippen LogP contribution is 2.40. The minimum atomic E-state index is -3.79. The second-order valence-electron chi connectivity index (χ2n) is 7.39. The normalized spacial score (nSPS) is 30.1. The molecular weight excluding hydrogens is 428 g/mol. The number of aliphatic hydroxyl groups excluding tert-OH is 1. The van der Waals surface area contributed by atoms with Gasteiger partial charge in [-0.2, -0.15) is 9.97 Å². The maximum absolute atomic E-state index is 14.8. The lowest BCUT2D eigenvalue weighted by Crippen LogP contribution is -2.31. The predicted molar refractivity (Wildman–Crippen MR) is 103 cm³/mol. The van der Waals surface area contributed by atoms with Gasteiger partial charge in [-0.1, -0.05) is 12.8 Å². The molecule has 0 bridgehead atoms. The van der Waals surface area contributed by atoms with Gasteiger partial charge in [-0.15, -0.1) is 0 Å². The van der Waals surface area contributed by atoms with Gasteiger partial charge in [0.05, 0.1) is 12.9 Å². The molecule has 3 heterocycles. The zero-order chi connectivity index (χ0) is 20.8. The fourth-order valence-corrected chi connectivity index (χ4v) is 4.31. The van der Waals surface area contributed by atoms with Crippen molar-refractivity contribution in [2.24, 2.45) is 0 Å². The Balaban J connectivity index is 1.60. The van der Waals surface area contributed by atoms with E-state index in [1.807, 2.05) is 0 Å². The minimum absolute atomic E-state index is 0.0271. The van der Waals surface area contributed by atoms with E-state index in [0.29, 0.717) is 11.3 Å². The highest BCUT2D eigenvalue weighted by molar-refractivity contribution is 7.51. The third-order valence-corrected chi connectivity index (χ3v) is 5.93. The summed E-state index contributed by atoms with van der Waals surface area (Å²) in [4.78, 5) is 21.9. The molecule has 0 amide bonds. The van der Waals surface area contributed by atoms with Gasteiger partial charge in [0, 0.05) is 12.7 Å². The first-order valence-electron chi connectivity index (χ1n) is 9.32. The van der Waals surface area contributed by atoms with E-state index in [9.17, 15) is 19.0 Å². The number of ether oxygens (including phenoxy) is 1. The van der Waals surface area contributed by atoms with E-state index in [4.69, 9.17) is 20.9 Å². The Morgan fingerprint density at radius 3 is 2.86 bits per heavy atom. The molecule has 3 N–H and O–H groups in total. The van der Waals surface area contributed by atoms with Crippen molar-refractivity contribution in [1.82, 2.24) is 19.5 Å². The molecule has 1 aliphatic carbocycles. The largest absolute Gasteiger partial charge is 0.387 e. The van der Waals surface area contributed by atoms with Crippen LogP contribution in [0, 0.1) is 0 Å². The molecule has 4 rings (SSSR count). The van der Waals surface area contributed by atoms with Gasteiger partial charge in [0.1, 0.15) is 12.2 Å². The molecule has 1 saturated heterocycles. The van der Waals surface area contributed by atoms with E-state index < -0.39 is 38.8 Å². The van der Waals surface area contributed by atoms with E-state index in [1.165, 1.54) is 10.9 Å². The molecule has 2 aromatic heterocycles. The number of imidazole rings is 1. The van der Waals surface area contributed by atoms with Crippen LogP contribution in [0.2, 0.25) is 5.28 Å². The lowest BCUT2D eigenvalue weighted by molar-refractivity contribution is -0.0424. The first kappa shape index (κ1) is 20.9. The molecule has 10 nitrogen and oxygen atoms in total. The van der Waals surface area contributed by atoms with Gasteiger partial charge < -0.3 is 24.6 Å². The minimum Gasteiger partial charge on any atom is -0.387 e. The third-order valence-electron chi connectivity index (χ3n) is 5.14. The monoisotopic (exact) mass is 449 g/mol. The predicted octanol–water partition coefficient (Wildman–Crippen LogP) is 2.26. The summed E-state index contributed by atoms with van der Waals surface area (Å²) in [7, 11) is -3.79. The Morgan fingerprint density at radius 1 is 1.45 bits per heavy atom.